The largest absolute Gasteiger partial charge is 0.445 e. The van der Waals surface area contributed by atoms with E-state index in [9.17, 15) is 9.90 Å². The summed E-state index contributed by atoms with van der Waals surface area (Å²) >= 11 is 0. The minimum Gasteiger partial charge on any atom is -0.445 e. The van der Waals surface area contributed by atoms with Crippen molar-refractivity contribution in [3.8, 4) is 0 Å². The zero-order chi connectivity index (χ0) is 13.2. The van der Waals surface area contributed by atoms with Crippen LogP contribution in [0.2, 0.25) is 0 Å². The smallest absolute Gasteiger partial charge is 0.410 e. The Hall–Kier alpha value is -1.55. The predicted molar refractivity (Wildman–Crippen MR) is 70.4 cm³/mol. The number of nitrogens with zero attached hydrogens (tertiary/aromatic N) is 1. The lowest BCUT2D eigenvalue weighted by atomic mass is 10.0. The maximum Gasteiger partial charge on any atom is 0.410 e. The van der Waals surface area contributed by atoms with E-state index in [1.54, 1.807) is 4.90 Å². The number of aliphatic hydroxyl groups excluding tert-OH is 1. The molecule has 2 aliphatic rings. The Balaban J connectivity index is 1.50. The van der Waals surface area contributed by atoms with Gasteiger partial charge in [-0.1, -0.05) is 30.3 Å². The summed E-state index contributed by atoms with van der Waals surface area (Å²) in [5, 5.41) is 9.58. The highest BCUT2D eigenvalue weighted by Crippen LogP contribution is 2.38. The molecule has 19 heavy (non-hydrogen) atoms. The molecule has 1 aromatic carbocycles. The molecule has 0 radical (unpaired) electrons. The third kappa shape index (κ3) is 2.73. The molecular formula is C15H19NO3. The Bertz CT molecular complexity index is 434. The van der Waals surface area contributed by atoms with E-state index in [1.165, 1.54) is 0 Å². The van der Waals surface area contributed by atoms with Crippen LogP contribution in [0.25, 0.3) is 0 Å². The van der Waals surface area contributed by atoms with Crippen molar-refractivity contribution in [2.45, 2.75) is 25.6 Å². The molecule has 4 nitrogen and oxygen atoms in total. The Kier molecular flexibility index (Phi) is 3.42. The highest BCUT2D eigenvalue weighted by Gasteiger charge is 2.42. The third-order valence-corrected chi connectivity index (χ3v) is 4.19. The number of hydrogen-bond acceptors (Lipinski definition) is 3. The minimum absolute atomic E-state index is 0.169. The quantitative estimate of drug-likeness (QED) is 0.886. The van der Waals surface area contributed by atoms with E-state index < -0.39 is 0 Å². The standard InChI is InChI=1S/C15H19NO3/c17-14-6-12-8-16(9-13(12)7-14)15(18)19-10-11-4-2-1-3-5-11/h1-5,12-14,17H,6-10H2. The van der Waals surface area contributed by atoms with E-state index in [0.29, 0.717) is 18.4 Å². The van der Waals surface area contributed by atoms with Gasteiger partial charge in [-0.25, -0.2) is 4.79 Å². The molecule has 1 aliphatic carbocycles. The fourth-order valence-corrected chi connectivity index (χ4v) is 3.23. The van der Waals surface area contributed by atoms with Crippen LogP contribution < -0.4 is 0 Å². The van der Waals surface area contributed by atoms with Gasteiger partial charge in [-0.05, 0) is 30.2 Å². The van der Waals surface area contributed by atoms with Gasteiger partial charge in [0.1, 0.15) is 6.61 Å². The second kappa shape index (κ2) is 5.21. The molecule has 1 saturated heterocycles. The van der Waals surface area contributed by atoms with Gasteiger partial charge in [0.2, 0.25) is 0 Å². The Morgan fingerprint density at radius 1 is 1.21 bits per heavy atom. The van der Waals surface area contributed by atoms with Crippen LogP contribution in [0, 0.1) is 11.8 Å². The lowest BCUT2D eigenvalue weighted by molar-refractivity contribution is 0.0972. The van der Waals surface area contributed by atoms with Crippen molar-refractivity contribution in [3.05, 3.63) is 35.9 Å². The first-order valence-electron chi connectivity index (χ1n) is 6.86. The summed E-state index contributed by atoms with van der Waals surface area (Å²) in [5.74, 6) is 0.915. The highest BCUT2D eigenvalue weighted by atomic mass is 16.6. The number of aliphatic hydroxyl groups is 1. The molecule has 1 aromatic rings. The van der Waals surface area contributed by atoms with Crippen molar-refractivity contribution in [2.75, 3.05) is 13.1 Å². The van der Waals surface area contributed by atoms with Crippen LogP contribution in [-0.4, -0.2) is 35.3 Å². The van der Waals surface area contributed by atoms with Crippen LogP contribution in [0.1, 0.15) is 18.4 Å². The number of ether oxygens (including phenoxy) is 1. The van der Waals surface area contributed by atoms with Gasteiger partial charge in [0, 0.05) is 13.1 Å². The number of likely N-dealkylation sites (tertiary alicyclic amines) is 1. The summed E-state index contributed by atoms with van der Waals surface area (Å²) in [6.45, 7) is 1.79. The molecule has 2 fully saturated rings. The van der Waals surface area contributed by atoms with Crippen molar-refractivity contribution < 1.29 is 14.6 Å². The summed E-state index contributed by atoms with van der Waals surface area (Å²) in [4.78, 5) is 13.8. The summed E-state index contributed by atoms with van der Waals surface area (Å²) in [6, 6.07) is 9.71. The fraction of sp³-hybridized carbons (Fsp3) is 0.533. The van der Waals surface area contributed by atoms with Crippen LogP contribution in [-0.2, 0) is 11.3 Å². The SMILES string of the molecule is O=C(OCc1ccccc1)N1CC2CC(O)CC2C1. The average molecular weight is 261 g/mol. The maximum atomic E-state index is 12.0. The van der Waals surface area contributed by atoms with Gasteiger partial charge in [-0.15, -0.1) is 0 Å². The van der Waals surface area contributed by atoms with E-state index in [0.717, 1.165) is 31.5 Å². The van der Waals surface area contributed by atoms with Crippen molar-refractivity contribution in [1.29, 1.82) is 0 Å². The van der Waals surface area contributed by atoms with Gasteiger partial charge in [-0.2, -0.15) is 0 Å². The molecule has 1 N–H and O–H groups in total. The summed E-state index contributed by atoms with van der Waals surface area (Å²) in [7, 11) is 0. The van der Waals surface area contributed by atoms with E-state index >= 15 is 0 Å². The highest BCUT2D eigenvalue weighted by molar-refractivity contribution is 5.68. The molecule has 1 amide bonds. The van der Waals surface area contributed by atoms with Crippen LogP contribution in [0.5, 0.6) is 0 Å². The maximum absolute atomic E-state index is 12.0. The molecule has 0 bridgehead atoms. The van der Waals surface area contributed by atoms with Gasteiger partial charge in [0.25, 0.3) is 0 Å². The van der Waals surface area contributed by atoms with E-state index in [-0.39, 0.29) is 12.2 Å². The van der Waals surface area contributed by atoms with E-state index in [2.05, 4.69) is 0 Å². The van der Waals surface area contributed by atoms with Gasteiger partial charge < -0.3 is 14.7 Å². The minimum atomic E-state index is -0.229. The molecule has 102 valence electrons. The van der Waals surface area contributed by atoms with Crippen molar-refractivity contribution in [3.63, 3.8) is 0 Å². The molecule has 4 heteroatoms. The third-order valence-electron chi connectivity index (χ3n) is 4.19. The van der Waals surface area contributed by atoms with Crippen LogP contribution in [0.3, 0.4) is 0 Å². The first kappa shape index (κ1) is 12.5. The molecule has 2 unspecified atom stereocenters. The number of benzene rings is 1. The van der Waals surface area contributed by atoms with Crippen LogP contribution in [0.15, 0.2) is 30.3 Å². The lowest BCUT2D eigenvalue weighted by Crippen LogP contribution is -2.30. The topological polar surface area (TPSA) is 49.8 Å². The number of carbonyl (C=O) groups excluding carboxylic acids is 1. The van der Waals surface area contributed by atoms with Crippen LogP contribution >= 0.6 is 0 Å². The molecule has 1 heterocycles. The molecule has 0 aromatic heterocycles. The van der Waals surface area contributed by atoms with Crippen molar-refractivity contribution in [2.24, 2.45) is 11.8 Å². The van der Waals surface area contributed by atoms with E-state index in [4.69, 9.17) is 4.74 Å². The lowest BCUT2D eigenvalue weighted by Gasteiger charge is -2.17. The van der Waals surface area contributed by atoms with Crippen LogP contribution in [0.4, 0.5) is 4.79 Å². The number of hydrogen-bond donors (Lipinski definition) is 1. The van der Waals surface area contributed by atoms with Crippen molar-refractivity contribution >= 4 is 6.09 Å². The summed E-state index contributed by atoms with van der Waals surface area (Å²) in [6.07, 6.45) is 1.26. The molecule has 2 atom stereocenters. The van der Waals surface area contributed by atoms with Crippen molar-refractivity contribution in [1.82, 2.24) is 4.90 Å². The Labute approximate surface area is 113 Å². The van der Waals surface area contributed by atoms with Gasteiger partial charge in [-0.3, -0.25) is 0 Å². The zero-order valence-corrected chi connectivity index (χ0v) is 10.9. The van der Waals surface area contributed by atoms with Gasteiger partial charge in [0.05, 0.1) is 6.10 Å². The van der Waals surface area contributed by atoms with Gasteiger partial charge in [0.15, 0.2) is 0 Å². The second-order valence-corrected chi connectivity index (χ2v) is 5.59. The molecule has 3 rings (SSSR count). The Morgan fingerprint density at radius 2 is 1.84 bits per heavy atom. The molecular weight excluding hydrogens is 242 g/mol. The first-order chi connectivity index (χ1) is 9.22. The van der Waals surface area contributed by atoms with E-state index in [1.807, 2.05) is 30.3 Å². The first-order valence-corrected chi connectivity index (χ1v) is 6.86. The number of carbonyl (C=O) groups is 1. The summed E-state index contributed by atoms with van der Waals surface area (Å²) in [5.41, 5.74) is 1.01. The normalized spacial score (nSPS) is 29.3. The average Bonchev–Trinajstić information content (AvgIpc) is 2.94. The monoisotopic (exact) mass is 261 g/mol. The summed E-state index contributed by atoms with van der Waals surface area (Å²) < 4.78 is 5.33. The number of amides is 1. The van der Waals surface area contributed by atoms with Gasteiger partial charge >= 0.3 is 6.09 Å². The fourth-order valence-electron chi connectivity index (χ4n) is 3.23. The molecule has 1 saturated carbocycles. The molecule has 0 spiro atoms. The predicted octanol–water partition coefficient (Wildman–Crippen LogP) is 2.03. The Morgan fingerprint density at radius 3 is 2.47 bits per heavy atom. The molecule has 1 aliphatic heterocycles. The number of fused-ring (bicyclic) bond motifs is 1. The second-order valence-electron chi connectivity index (χ2n) is 5.59. The zero-order valence-electron chi connectivity index (χ0n) is 10.9. The number of rotatable bonds is 2.